The molecule has 0 aliphatic heterocycles. The molecule has 5 heteroatoms. The van der Waals surface area contributed by atoms with Gasteiger partial charge in [0.2, 0.25) is 0 Å². The molecule has 86 valence electrons. The smallest absolute Gasteiger partial charge is 0.257 e. The Labute approximate surface area is 94.4 Å². The van der Waals surface area contributed by atoms with Gasteiger partial charge in [-0.1, -0.05) is 12.6 Å². The van der Waals surface area contributed by atoms with Gasteiger partial charge in [0, 0.05) is 6.54 Å². The quantitative estimate of drug-likeness (QED) is 0.566. The van der Waals surface area contributed by atoms with E-state index in [1.54, 1.807) is 23.5 Å². The fraction of sp³-hybridized carbons (Fsp3) is 0.273. The van der Waals surface area contributed by atoms with Crippen molar-refractivity contribution in [2.45, 2.75) is 6.54 Å². The third-order valence-electron chi connectivity index (χ3n) is 2.01. The third kappa shape index (κ3) is 3.80. The SMILES string of the molecule is C=Cc1cccc(CN(C)CC(=O)NO)n1. The van der Waals surface area contributed by atoms with E-state index in [4.69, 9.17) is 5.21 Å². The first-order valence-corrected chi connectivity index (χ1v) is 4.85. The van der Waals surface area contributed by atoms with E-state index in [1.807, 2.05) is 18.2 Å². The van der Waals surface area contributed by atoms with E-state index in [9.17, 15) is 4.79 Å². The molecule has 0 radical (unpaired) electrons. The van der Waals surface area contributed by atoms with Crippen molar-refractivity contribution in [1.82, 2.24) is 15.4 Å². The fourth-order valence-corrected chi connectivity index (χ4v) is 1.31. The topological polar surface area (TPSA) is 65.5 Å². The lowest BCUT2D eigenvalue weighted by Gasteiger charge is -2.14. The lowest BCUT2D eigenvalue weighted by Crippen LogP contribution is -2.33. The Bertz CT molecular complexity index is 379. The van der Waals surface area contributed by atoms with Crippen LogP contribution in [0.3, 0.4) is 0 Å². The van der Waals surface area contributed by atoms with Crippen molar-refractivity contribution in [1.29, 1.82) is 0 Å². The van der Waals surface area contributed by atoms with Gasteiger partial charge < -0.3 is 0 Å². The number of pyridine rings is 1. The normalized spacial score (nSPS) is 10.2. The van der Waals surface area contributed by atoms with Crippen LogP contribution in [-0.4, -0.2) is 34.6 Å². The molecule has 0 atom stereocenters. The van der Waals surface area contributed by atoms with Gasteiger partial charge in [-0.25, -0.2) is 5.48 Å². The molecule has 1 aromatic heterocycles. The predicted molar refractivity (Wildman–Crippen MR) is 60.6 cm³/mol. The molecule has 0 aliphatic carbocycles. The number of nitrogens with zero attached hydrogens (tertiary/aromatic N) is 2. The van der Waals surface area contributed by atoms with Crippen LogP contribution in [0.2, 0.25) is 0 Å². The van der Waals surface area contributed by atoms with Crippen LogP contribution in [0.1, 0.15) is 11.4 Å². The molecule has 16 heavy (non-hydrogen) atoms. The minimum atomic E-state index is -0.442. The molecule has 0 saturated carbocycles. The Kier molecular flexibility index (Phi) is 4.63. The van der Waals surface area contributed by atoms with Crippen LogP contribution in [0, 0.1) is 0 Å². The summed E-state index contributed by atoms with van der Waals surface area (Å²) in [5, 5.41) is 8.38. The number of carbonyl (C=O) groups excluding carboxylic acids is 1. The van der Waals surface area contributed by atoms with Gasteiger partial charge >= 0.3 is 0 Å². The lowest BCUT2D eigenvalue weighted by molar-refractivity contribution is -0.130. The Hall–Kier alpha value is -1.72. The highest BCUT2D eigenvalue weighted by atomic mass is 16.5. The molecule has 0 unspecified atom stereocenters. The molecule has 0 aliphatic rings. The van der Waals surface area contributed by atoms with Gasteiger partial charge in [0.15, 0.2) is 0 Å². The van der Waals surface area contributed by atoms with E-state index in [-0.39, 0.29) is 6.54 Å². The number of hydrogen-bond acceptors (Lipinski definition) is 4. The molecule has 0 saturated heterocycles. The summed E-state index contributed by atoms with van der Waals surface area (Å²) >= 11 is 0. The Morgan fingerprint density at radius 2 is 2.44 bits per heavy atom. The zero-order valence-electron chi connectivity index (χ0n) is 9.18. The Morgan fingerprint density at radius 3 is 3.06 bits per heavy atom. The predicted octanol–water partition coefficient (Wildman–Crippen LogP) is 0.662. The molecular formula is C11H15N3O2. The average Bonchev–Trinajstić information content (AvgIpc) is 2.28. The number of likely N-dealkylation sites (N-methyl/N-ethyl adjacent to an activating group) is 1. The number of carbonyl (C=O) groups is 1. The highest BCUT2D eigenvalue weighted by Gasteiger charge is 2.06. The second kappa shape index (κ2) is 5.99. The Balaban J connectivity index is 2.58. The number of amides is 1. The summed E-state index contributed by atoms with van der Waals surface area (Å²) in [4.78, 5) is 17.0. The maximum Gasteiger partial charge on any atom is 0.257 e. The molecule has 1 amide bonds. The van der Waals surface area contributed by atoms with Crippen molar-refractivity contribution in [2.75, 3.05) is 13.6 Å². The van der Waals surface area contributed by atoms with Crippen LogP contribution in [0.15, 0.2) is 24.8 Å². The first-order valence-electron chi connectivity index (χ1n) is 4.85. The first kappa shape index (κ1) is 12.4. The molecule has 1 aromatic rings. The van der Waals surface area contributed by atoms with E-state index in [2.05, 4.69) is 11.6 Å². The number of hydrogen-bond donors (Lipinski definition) is 2. The summed E-state index contributed by atoms with van der Waals surface area (Å²) in [6.45, 7) is 4.30. The maximum atomic E-state index is 10.9. The van der Waals surface area contributed by atoms with E-state index < -0.39 is 5.91 Å². The van der Waals surface area contributed by atoms with Crippen molar-refractivity contribution in [3.8, 4) is 0 Å². The monoisotopic (exact) mass is 221 g/mol. The number of aromatic nitrogens is 1. The minimum Gasteiger partial charge on any atom is -0.292 e. The van der Waals surface area contributed by atoms with Gasteiger partial charge in [0.05, 0.1) is 17.9 Å². The van der Waals surface area contributed by atoms with Crippen molar-refractivity contribution >= 4 is 12.0 Å². The van der Waals surface area contributed by atoms with E-state index in [0.29, 0.717) is 6.54 Å². The van der Waals surface area contributed by atoms with Gasteiger partial charge in [-0.3, -0.25) is 19.9 Å². The summed E-state index contributed by atoms with van der Waals surface area (Å²) in [5.74, 6) is -0.442. The van der Waals surface area contributed by atoms with E-state index in [0.717, 1.165) is 11.4 Å². The summed E-state index contributed by atoms with van der Waals surface area (Å²) in [5.41, 5.74) is 3.24. The molecule has 1 heterocycles. The second-order valence-corrected chi connectivity index (χ2v) is 3.47. The molecule has 0 fully saturated rings. The van der Waals surface area contributed by atoms with Gasteiger partial charge in [-0.05, 0) is 25.3 Å². The minimum absolute atomic E-state index is 0.122. The van der Waals surface area contributed by atoms with E-state index >= 15 is 0 Å². The summed E-state index contributed by atoms with van der Waals surface area (Å²) < 4.78 is 0. The van der Waals surface area contributed by atoms with Crippen LogP contribution in [0.4, 0.5) is 0 Å². The third-order valence-corrected chi connectivity index (χ3v) is 2.01. The number of nitrogens with one attached hydrogen (secondary N) is 1. The largest absolute Gasteiger partial charge is 0.292 e. The highest BCUT2D eigenvalue weighted by Crippen LogP contribution is 2.03. The molecule has 5 nitrogen and oxygen atoms in total. The average molecular weight is 221 g/mol. The van der Waals surface area contributed by atoms with Gasteiger partial charge in [0.1, 0.15) is 0 Å². The maximum absolute atomic E-state index is 10.9. The second-order valence-electron chi connectivity index (χ2n) is 3.47. The van der Waals surface area contributed by atoms with Crippen LogP contribution < -0.4 is 5.48 Å². The molecule has 2 N–H and O–H groups in total. The summed E-state index contributed by atoms with van der Waals surface area (Å²) in [7, 11) is 1.78. The lowest BCUT2D eigenvalue weighted by atomic mass is 10.3. The fourth-order valence-electron chi connectivity index (χ4n) is 1.31. The van der Waals surface area contributed by atoms with Crippen LogP contribution in [0.25, 0.3) is 6.08 Å². The van der Waals surface area contributed by atoms with Crippen molar-refractivity contribution < 1.29 is 10.0 Å². The van der Waals surface area contributed by atoms with Crippen molar-refractivity contribution in [3.05, 3.63) is 36.2 Å². The van der Waals surface area contributed by atoms with Crippen molar-refractivity contribution in [3.63, 3.8) is 0 Å². The van der Waals surface area contributed by atoms with Gasteiger partial charge in [0.25, 0.3) is 5.91 Å². The summed E-state index contributed by atoms with van der Waals surface area (Å²) in [6, 6.07) is 5.62. The number of rotatable bonds is 5. The molecule has 0 spiro atoms. The van der Waals surface area contributed by atoms with Crippen LogP contribution in [-0.2, 0) is 11.3 Å². The van der Waals surface area contributed by atoms with Crippen molar-refractivity contribution in [2.24, 2.45) is 0 Å². The van der Waals surface area contributed by atoms with Gasteiger partial charge in [-0.2, -0.15) is 0 Å². The van der Waals surface area contributed by atoms with Crippen LogP contribution >= 0.6 is 0 Å². The standard InChI is InChI=1S/C11H15N3O2/c1-3-9-5-4-6-10(12-9)7-14(2)8-11(15)13-16/h3-6,16H,1,7-8H2,2H3,(H,13,15). The first-order chi connectivity index (χ1) is 7.65. The zero-order chi connectivity index (χ0) is 12.0. The highest BCUT2D eigenvalue weighted by molar-refractivity contribution is 5.76. The molecular weight excluding hydrogens is 206 g/mol. The van der Waals surface area contributed by atoms with Crippen LogP contribution in [0.5, 0.6) is 0 Å². The molecule has 0 aromatic carbocycles. The summed E-state index contributed by atoms with van der Waals surface area (Å²) in [6.07, 6.45) is 1.67. The molecule has 1 rings (SSSR count). The number of hydroxylamine groups is 1. The molecule has 0 bridgehead atoms. The zero-order valence-corrected chi connectivity index (χ0v) is 9.18. The Morgan fingerprint density at radius 1 is 1.69 bits per heavy atom. The van der Waals surface area contributed by atoms with E-state index in [1.165, 1.54) is 0 Å². The van der Waals surface area contributed by atoms with Gasteiger partial charge in [-0.15, -0.1) is 0 Å².